The van der Waals surface area contributed by atoms with E-state index in [0.717, 1.165) is 18.5 Å². The van der Waals surface area contributed by atoms with Gasteiger partial charge in [0.05, 0.1) is 5.69 Å². The number of hydrogen-bond acceptors (Lipinski definition) is 2. The van der Waals surface area contributed by atoms with E-state index in [9.17, 15) is 0 Å². The molecule has 1 aromatic heterocycles. The summed E-state index contributed by atoms with van der Waals surface area (Å²) in [4.78, 5) is 8.25. The predicted octanol–water partition coefficient (Wildman–Crippen LogP) is 1.73. The molecule has 0 atom stereocenters. The van der Waals surface area contributed by atoms with Crippen molar-refractivity contribution in [2.24, 2.45) is 4.99 Å². The van der Waals surface area contributed by atoms with E-state index in [2.05, 4.69) is 9.98 Å². The first-order valence-electron chi connectivity index (χ1n) is 3.42. The van der Waals surface area contributed by atoms with Gasteiger partial charge in [-0.15, -0.1) is 0 Å². The average molecular weight is 132 g/mol. The number of fused-ring (bicyclic) bond motifs is 1. The number of aromatic nitrogens is 1. The van der Waals surface area contributed by atoms with Crippen molar-refractivity contribution in [2.75, 3.05) is 0 Å². The number of hydrogen-bond donors (Lipinski definition) is 0. The van der Waals surface area contributed by atoms with Crippen molar-refractivity contribution in [1.82, 2.24) is 4.98 Å². The molecule has 0 aromatic carbocycles. The van der Waals surface area contributed by atoms with Crippen LogP contribution in [0.4, 0.5) is 5.69 Å². The Morgan fingerprint density at radius 2 is 2.40 bits per heavy atom. The first kappa shape index (κ1) is 5.59. The fourth-order valence-corrected chi connectivity index (χ4v) is 1.12. The zero-order chi connectivity index (χ0) is 6.81. The van der Waals surface area contributed by atoms with Crippen molar-refractivity contribution in [1.29, 1.82) is 0 Å². The van der Waals surface area contributed by atoms with Crippen LogP contribution in [-0.2, 0) is 6.42 Å². The fourth-order valence-electron chi connectivity index (χ4n) is 1.12. The molecule has 2 nitrogen and oxygen atoms in total. The highest BCUT2D eigenvalue weighted by Crippen LogP contribution is 2.21. The van der Waals surface area contributed by atoms with E-state index in [1.165, 1.54) is 5.56 Å². The summed E-state index contributed by atoms with van der Waals surface area (Å²) in [7, 11) is 0. The zero-order valence-corrected chi connectivity index (χ0v) is 5.62. The Balaban J connectivity index is 2.54. The molecule has 1 aliphatic heterocycles. The molecule has 0 fully saturated rings. The molecular formula is C8H8N2. The van der Waals surface area contributed by atoms with E-state index in [1.54, 1.807) is 6.20 Å². The van der Waals surface area contributed by atoms with Gasteiger partial charge in [0.15, 0.2) is 0 Å². The molecule has 0 spiro atoms. The standard InChI is InChI=1S/C8H8N2/c1-2-7-6-9-5-3-8(7)10-4-1/h3-6H,1-2H2. The molecule has 0 saturated carbocycles. The van der Waals surface area contributed by atoms with Crippen LogP contribution >= 0.6 is 0 Å². The SMILES string of the molecule is C1=Nc2ccncc2CC1. The quantitative estimate of drug-likeness (QED) is 0.527. The summed E-state index contributed by atoms with van der Waals surface area (Å²) in [6, 6.07) is 1.95. The predicted molar refractivity (Wildman–Crippen MR) is 40.7 cm³/mol. The lowest BCUT2D eigenvalue weighted by Gasteiger charge is -2.06. The lowest BCUT2D eigenvalue weighted by Crippen LogP contribution is -1.93. The Bertz CT molecular complexity index is 266. The molecule has 0 amide bonds. The number of rotatable bonds is 0. The first-order chi connectivity index (χ1) is 4.97. The van der Waals surface area contributed by atoms with Crippen molar-refractivity contribution in [2.45, 2.75) is 12.8 Å². The molecule has 2 heteroatoms. The Morgan fingerprint density at radius 3 is 3.30 bits per heavy atom. The van der Waals surface area contributed by atoms with Gasteiger partial charge in [0, 0.05) is 18.6 Å². The highest BCUT2D eigenvalue weighted by atomic mass is 14.8. The molecule has 10 heavy (non-hydrogen) atoms. The van der Waals surface area contributed by atoms with Crippen molar-refractivity contribution in [3.05, 3.63) is 24.0 Å². The van der Waals surface area contributed by atoms with Gasteiger partial charge in [-0.05, 0) is 24.5 Å². The molecule has 1 aliphatic rings. The summed E-state index contributed by atoms with van der Waals surface area (Å²) < 4.78 is 0. The Morgan fingerprint density at radius 1 is 1.40 bits per heavy atom. The Labute approximate surface area is 59.6 Å². The summed E-state index contributed by atoms with van der Waals surface area (Å²) in [6.07, 6.45) is 7.78. The van der Waals surface area contributed by atoms with Gasteiger partial charge in [-0.25, -0.2) is 0 Å². The number of aliphatic imine (C=N–C) groups is 1. The molecule has 2 rings (SSSR count). The van der Waals surface area contributed by atoms with Crippen molar-refractivity contribution < 1.29 is 0 Å². The molecule has 0 aliphatic carbocycles. The topological polar surface area (TPSA) is 25.2 Å². The molecule has 0 radical (unpaired) electrons. The van der Waals surface area contributed by atoms with Crippen LogP contribution in [0, 0.1) is 0 Å². The third kappa shape index (κ3) is 0.817. The lowest BCUT2D eigenvalue weighted by atomic mass is 10.1. The Hall–Kier alpha value is -1.18. The van der Waals surface area contributed by atoms with Gasteiger partial charge in [0.1, 0.15) is 0 Å². The molecule has 0 saturated heterocycles. The summed E-state index contributed by atoms with van der Waals surface area (Å²) in [5.74, 6) is 0. The van der Waals surface area contributed by atoms with Crippen LogP contribution in [0.5, 0.6) is 0 Å². The highest BCUT2D eigenvalue weighted by molar-refractivity contribution is 5.68. The maximum Gasteiger partial charge on any atom is 0.0688 e. The second kappa shape index (κ2) is 2.21. The molecule has 2 heterocycles. The van der Waals surface area contributed by atoms with Crippen molar-refractivity contribution in [3.63, 3.8) is 0 Å². The van der Waals surface area contributed by atoms with E-state index >= 15 is 0 Å². The van der Waals surface area contributed by atoms with Crippen molar-refractivity contribution >= 4 is 11.9 Å². The van der Waals surface area contributed by atoms with Gasteiger partial charge in [-0.3, -0.25) is 9.98 Å². The van der Waals surface area contributed by atoms with Crippen LogP contribution in [0.3, 0.4) is 0 Å². The largest absolute Gasteiger partial charge is 0.264 e. The molecule has 0 N–H and O–H groups in total. The van der Waals surface area contributed by atoms with Crippen molar-refractivity contribution in [3.8, 4) is 0 Å². The van der Waals surface area contributed by atoms with Gasteiger partial charge in [-0.1, -0.05) is 0 Å². The van der Waals surface area contributed by atoms with Crippen LogP contribution in [0.25, 0.3) is 0 Å². The molecule has 50 valence electrons. The monoisotopic (exact) mass is 132 g/mol. The molecule has 1 aromatic rings. The minimum Gasteiger partial charge on any atom is -0.264 e. The third-order valence-corrected chi connectivity index (χ3v) is 1.65. The van der Waals surface area contributed by atoms with E-state index in [4.69, 9.17) is 0 Å². The summed E-state index contributed by atoms with van der Waals surface area (Å²) in [5.41, 5.74) is 2.35. The van der Waals surface area contributed by atoms with Gasteiger partial charge < -0.3 is 0 Å². The normalized spacial score (nSPS) is 14.8. The smallest absolute Gasteiger partial charge is 0.0688 e. The van der Waals surface area contributed by atoms with Gasteiger partial charge >= 0.3 is 0 Å². The van der Waals surface area contributed by atoms with Crippen LogP contribution < -0.4 is 0 Å². The minimum atomic E-state index is 1.05. The second-order valence-electron chi connectivity index (χ2n) is 2.35. The summed E-state index contributed by atoms with van der Waals surface area (Å²) in [6.45, 7) is 0. The van der Waals surface area contributed by atoms with Gasteiger partial charge in [-0.2, -0.15) is 0 Å². The molecule has 0 unspecified atom stereocenters. The molecule has 0 bridgehead atoms. The molecular weight excluding hydrogens is 124 g/mol. The summed E-state index contributed by atoms with van der Waals surface area (Å²) >= 11 is 0. The second-order valence-corrected chi connectivity index (χ2v) is 2.35. The van der Waals surface area contributed by atoms with Crippen LogP contribution in [0.15, 0.2) is 23.5 Å². The fraction of sp³-hybridized carbons (Fsp3) is 0.250. The van der Waals surface area contributed by atoms with Gasteiger partial charge in [0.2, 0.25) is 0 Å². The maximum atomic E-state index is 4.23. The van der Waals surface area contributed by atoms with Crippen LogP contribution in [0.1, 0.15) is 12.0 Å². The average Bonchev–Trinajstić information content (AvgIpc) is 2.05. The van der Waals surface area contributed by atoms with Crippen LogP contribution in [-0.4, -0.2) is 11.2 Å². The Kier molecular flexibility index (Phi) is 1.24. The lowest BCUT2D eigenvalue weighted by molar-refractivity contribution is 1.01. The van der Waals surface area contributed by atoms with Crippen LogP contribution in [0.2, 0.25) is 0 Å². The third-order valence-electron chi connectivity index (χ3n) is 1.65. The highest BCUT2D eigenvalue weighted by Gasteiger charge is 2.02. The number of nitrogens with zero attached hydrogens (tertiary/aromatic N) is 2. The summed E-state index contributed by atoms with van der Waals surface area (Å²) in [5, 5.41) is 0. The van der Waals surface area contributed by atoms with E-state index in [0.29, 0.717) is 0 Å². The minimum absolute atomic E-state index is 1.05. The van der Waals surface area contributed by atoms with E-state index in [1.807, 2.05) is 18.5 Å². The maximum absolute atomic E-state index is 4.23. The number of pyridine rings is 1. The zero-order valence-electron chi connectivity index (χ0n) is 5.62. The number of aryl methyl sites for hydroxylation is 1. The first-order valence-corrected chi connectivity index (χ1v) is 3.42. The van der Waals surface area contributed by atoms with Gasteiger partial charge in [0.25, 0.3) is 0 Å². The van der Waals surface area contributed by atoms with E-state index < -0.39 is 0 Å². The van der Waals surface area contributed by atoms with E-state index in [-0.39, 0.29) is 0 Å².